The number of imidazole rings is 1. The molecule has 3 heteroatoms. The number of nitrogens with zero attached hydrogens (tertiary/aromatic N) is 3. The highest BCUT2D eigenvalue weighted by Gasteiger charge is 2.16. The summed E-state index contributed by atoms with van der Waals surface area (Å²) < 4.78 is 2.04. The fourth-order valence-corrected chi connectivity index (χ4v) is 3.66. The summed E-state index contributed by atoms with van der Waals surface area (Å²) in [5.41, 5.74) is 4.63. The summed E-state index contributed by atoms with van der Waals surface area (Å²) in [6.07, 6.45) is 14.6. The lowest BCUT2D eigenvalue weighted by molar-refractivity contribution is 0.533. The molecule has 0 spiro atoms. The lowest BCUT2D eigenvalue weighted by Crippen LogP contribution is -2.08. The van der Waals surface area contributed by atoms with Crippen molar-refractivity contribution in [1.82, 2.24) is 9.55 Å². The monoisotopic (exact) mass is 337 g/mol. The molecule has 1 heterocycles. The van der Waals surface area contributed by atoms with Crippen molar-refractivity contribution in [2.75, 3.05) is 0 Å². The molecule has 0 aliphatic heterocycles. The van der Waals surface area contributed by atoms with Crippen molar-refractivity contribution in [1.29, 1.82) is 5.26 Å². The highest BCUT2D eigenvalue weighted by Crippen LogP contribution is 2.31. The predicted molar refractivity (Wildman–Crippen MR) is 104 cm³/mol. The van der Waals surface area contributed by atoms with Crippen molar-refractivity contribution >= 4 is 0 Å². The van der Waals surface area contributed by atoms with Gasteiger partial charge in [0.1, 0.15) is 0 Å². The SMILES string of the molecule is CCCCCCCC(CC)c1ccc(C#N)c(Cn2ccnc2)c1C. The van der Waals surface area contributed by atoms with Gasteiger partial charge in [-0.2, -0.15) is 5.26 Å². The zero-order valence-electron chi connectivity index (χ0n) is 16.0. The third kappa shape index (κ3) is 5.19. The van der Waals surface area contributed by atoms with E-state index in [0.29, 0.717) is 5.92 Å². The first-order chi connectivity index (χ1) is 12.2. The van der Waals surface area contributed by atoms with Crippen LogP contribution in [0.1, 0.15) is 87.0 Å². The van der Waals surface area contributed by atoms with E-state index >= 15 is 0 Å². The third-order valence-electron chi connectivity index (χ3n) is 5.25. The Balaban J connectivity index is 2.17. The second kappa shape index (κ2) is 10.0. The van der Waals surface area contributed by atoms with Crippen LogP contribution in [0.15, 0.2) is 30.9 Å². The van der Waals surface area contributed by atoms with Crippen LogP contribution in [0.5, 0.6) is 0 Å². The summed E-state index contributed by atoms with van der Waals surface area (Å²) in [7, 11) is 0. The van der Waals surface area contributed by atoms with Crippen LogP contribution in [0.25, 0.3) is 0 Å². The Kier molecular flexibility index (Phi) is 7.73. The second-order valence-corrected chi connectivity index (χ2v) is 6.96. The van der Waals surface area contributed by atoms with Gasteiger partial charge in [0.15, 0.2) is 0 Å². The van der Waals surface area contributed by atoms with Gasteiger partial charge in [-0.3, -0.25) is 0 Å². The minimum Gasteiger partial charge on any atom is -0.333 e. The molecule has 1 aromatic carbocycles. The van der Waals surface area contributed by atoms with Crippen molar-refractivity contribution in [3.63, 3.8) is 0 Å². The van der Waals surface area contributed by atoms with Gasteiger partial charge in [-0.25, -0.2) is 4.98 Å². The molecule has 1 atom stereocenters. The van der Waals surface area contributed by atoms with E-state index in [0.717, 1.165) is 24.1 Å². The van der Waals surface area contributed by atoms with E-state index in [4.69, 9.17) is 0 Å². The van der Waals surface area contributed by atoms with Gasteiger partial charge >= 0.3 is 0 Å². The van der Waals surface area contributed by atoms with Crippen LogP contribution >= 0.6 is 0 Å². The van der Waals surface area contributed by atoms with Crippen molar-refractivity contribution in [2.24, 2.45) is 0 Å². The van der Waals surface area contributed by atoms with Gasteiger partial charge in [-0.15, -0.1) is 0 Å². The lowest BCUT2D eigenvalue weighted by Gasteiger charge is -2.21. The number of hydrogen-bond acceptors (Lipinski definition) is 2. The highest BCUT2D eigenvalue weighted by molar-refractivity contribution is 5.47. The van der Waals surface area contributed by atoms with E-state index in [2.05, 4.69) is 37.9 Å². The van der Waals surface area contributed by atoms with E-state index in [1.807, 2.05) is 23.2 Å². The molecule has 134 valence electrons. The first kappa shape index (κ1) is 19.2. The van der Waals surface area contributed by atoms with Crippen LogP contribution in [0.3, 0.4) is 0 Å². The molecule has 1 aromatic heterocycles. The molecule has 0 fully saturated rings. The Morgan fingerprint density at radius 2 is 1.96 bits per heavy atom. The molecule has 0 saturated heterocycles. The Bertz CT molecular complexity index is 680. The molecule has 0 N–H and O–H groups in total. The van der Waals surface area contributed by atoms with Crippen molar-refractivity contribution in [2.45, 2.75) is 78.2 Å². The van der Waals surface area contributed by atoms with Gasteiger partial charge in [0.2, 0.25) is 0 Å². The van der Waals surface area contributed by atoms with Crippen molar-refractivity contribution in [3.05, 3.63) is 53.1 Å². The summed E-state index contributed by atoms with van der Waals surface area (Å²) in [5, 5.41) is 9.51. The summed E-state index contributed by atoms with van der Waals surface area (Å²) >= 11 is 0. The van der Waals surface area contributed by atoms with E-state index in [1.54, 1.807) is 6.20 Å². The molecule has 0 aliphatic rings. The molecule has 0 radical (unpaired) electrons. The maximum absolute atomic E-state index is 9.51. The average molecular weight is 338 g/mol. The number of benzene rings is 1. The van der Waals surface area contributed by atoms with Gasteiger partial charge in [0, 0.05) is 12.4 Å². The van der Waals surface area contributed by atoms with E-state index in [9.17, 15) is 5.26 Å². The van der Waals surface area contributed by atoms with Crippen LogP contribution < -0.4 is 0 Å². The quantitative estimate of drug-likeness (QED) is 0.501. The molecule has 3 nitrogen and oxygen atoms in total. The van der Waals surface area contributed by atoms with Crippen molar-refractivity contribution in [3.8, 4) is 6.07 Å². The fraction of sp³-hybridized carbons (Fsp3) is 0.545. The van der Waals surface area contributed by atoms with Crippen LogP contribution in [0.2, 0.25) is 0 Å². The molecule has 0 amide bonds. The number of nitriles is 1. The summed E-state index contributed by atoms with van der Waals surface area (Å²) in [6.45, 7) is 7.44. The molecule has 2 aromatic rings. The smallest absolute Gasteiger partial charge is 0.0995 e. The van der Waals surface area contributed by atoms with Gasteiger partial charge in [-0.05, 0) is 48.4 Å². The number of aromatic nitrogens is 2. The molecular weight excluding hydrogens is 306 g/mol. The Labute approximate surface area is 152 Å². The standard InChI is InChI=1S/C22H31N3/c1-4-6-7-8-9-10-19(5-2)21-12-11-20(15-23)22(18(21)3)16-25-14-13-24-17-25/h11-14,17,19H,4-10,16H2,1-3H3. The van der Waals surface area contributed by atoms with Gasteiger partial charge < -0.3 is 4.57 Å². The summed E-state index contributed by atoms with van der Waals surface area (Å²) in [6, 6.07) is 6.56. The second-order valence-electron chi connectivity index (χ2n) is 6.96. The normalized spacial score (nSPS) is 12.1. The Morgan fingerprint density at radius 1 is 1.16 bits per heavy atom. The minimum absolute atomic E-state index is 0.593. The number of hydrogen-bond donors (Lipinski definition) is 0. The zero-order chi connectivity index (χ0) is 18.1. The minimum atomic E-state index is 0.593. The molecule has 0 aliphatic carbocycles. The van der Waals surface area contributed by atoms with Crippen LogP contribution in [0, 0.1) is 18.3 Å². The average Bonchev–Trinajstić information content (AvgIpc) is 3.14. The largest absolute Gasteiger partial charge is 0.333 e. The van der Waals surface area contributed by atoms with Crippen molar-refractivity contribution < 1.29 is 0 Å². The van der Waals surface area contributed by atoms with Gasteiger partial charge in [0.05, 0.1) is 24.5 Å². The first-order valence-electron chi connectivity index (χ1n) is 9.69. The lowest BCUT2D eigenvalue weighted by atomic mass is 9.85. The maximum atomic E-state index is 9.51. The molecule has 2 rings (SSSR count). The molecule has 0 saturated carbocycles. The summed E-state index contributed by atoms with van der Waals surface area (Å²) in [4.78, 5) is 4.12. The van der Waals surface area contributed by atoms with Crippen LogP contribution in [0.4, 0.5) is 0 Å². The summed E-state index contributed by atoms with van der Waals surface area (Å²) in [5.74, 6) is 0.593. The van der Waals surface area contributed by atoms with Gasteiger partial charge in [0.25, 0.3) is 0 Å². The zero-order valence-corrected chi connectivity index (χ0v) is 16.0. The Morgan fingerprint density at radius 3 is 2.60 bits per heavy atom. The topological polar surface area (TPSA) is 41.6 Å². The molecule has 25 heavy (non-hydrogen) atoms. The highest BCUT2D eigenvalue weighted by atomic mass is 15.0. The first-order valence-corrected chi connectivity index (χ1v) is 9.69. The van der Waals surface area contributed by atoms with E-state index < -0.39 is 0 Å². The van der Waals surface area contributed by atoms with Crippen LogP contribution in [-0.4, -0.2) is 9.55 Å². The number of rotatable bonds is 10. The van der Waals surface area contributed by atoms with E-state index in [-0.39, 0.29) is 0 Å². The Hall–Kier alpha value is -2.08. The maximum Gasteiger partial charge on any atom is 0.0995 e. The third-order valence-corrected chi connectivity index (χ3v) is 5.25. The molecular formula is C22H31N3. The fourth-order valence-electron chi connectivity index (χ4n) is 3.66. The number of unbranched alkanes of at least 4 members (excludes halogenated alkanes) is 4. The van der Waals surface area contributed by atoms with Gasteiger partial charge in [-0.1, -0.05) is 52.0 Å². The molecule has 0 bridgehead atoms. The van der Waals surface area contributed by atoms with Crippen LogP contribution in [-0.2, 0) is 6.54 Å². The van der Waals surface area contributed by atoms with E-state index in [1.165, 1.54) is 49.7 Å². The molecule has 1 unspecified atom stereocenters. The predicted octanol–water partition coefficient (Wildman–Crippen LogP) is 5.97.